The molecule has 4 heteroatoms. The highest BCUT2D eigenvalue weighted by Crippen LogP contribution is 2.21. The fourth-order valence-electron chi connectivity index (χ4n) is 1.44. The first kappa shape index (κ1) is 10.2. The van der Waals surface area contributed by atoms with Crippen LogP contribution in [0.3, 0.4) is 0 Å². The predicted molar refractivity (Wildman–Crippen MR) is 56.9 cm³/mol. The lowest BCUT2D eigenvalue weighted by molar-refractivity contribution is 0.613. The van der Waals surface area contributed by atoms with Crippen molar-refractivity contribution in [3.8, 4) is 17.3 Å². The van der Waals surface area contributed by atoms with Gasteiger partial charge in [-0.3, -0.25) is 0 Å². The van der Waals surface area contributed by atoms with E-state index in [0.29, 0.717) is 5.56 Å². The SMILES string of the molecule is Cc1cccc(-c2ncnc(C#N)c2F)c1. The van der Waals surface area contributed by atoms with E-state index < -0.39 is 5.82 Å². The zero-order valence-corrected chi connectivity index (χ0v) is 8.61. The summed E-state index contributed by atoms with van der Waals surface area (Å²) >= 11 is 0. The third kappa shape index (κ3) is 1.75. The molecule has 78 valence electrons. The third-order valence-electron chi connectivity index (χ3n) is 2.19. The van der Waals surface area contributed by atoms with Gasteiger partial charge in [-0.1, -0.05) is 23.8 Å². The number of aryl methyl sites for hydroxylation is 1. The summed E-state index contributed by atoms with van der Waals surface area (Å²) in [6, 6.07) is 8.98. The Morgan fingerprint density at radius 2 is 2.12 bits per heavy atom. The summed E-state index contributed by atoms with van der Waals surface area (Å²) in [6.45, 7) is 1.91. The summed E-state index contributed by atoms with van der Waals surface area (Å²) in [5.41, 5.74) is 1.59. The van der Waals surface area contributed by atoms with Crippen molar-refractivity contribution in [3.63, 3.8) is 0 Å². The molecule has 0 N–H and O–H groups in total. The zero-order valence-electron chi connectivity index (χ0n) is 8.61. The van der Waals surface area contributed by atoms with Crippen LogP contribution in [0, 0.1) is 24.1 Å². The van der Waals surface area contributed by atoms with Crippen LogP contribution in [-0.2, 0) is 0 Å². The minimum absolute atomic E-state index is 0.162. The molecule has 16 heavy (non-hydrogen) atoms. The molecule has 0 fully saturated rings. The first-order valence-electron chi connectivity index (χ1n) is 4.70. The van der Waals surface area contributed by atoms with Crippen molar-refractivity contribution >= 4 is 0 Å². The Morgan fingerprint density at radius 3 is 2.81 bits per heavy atom. The average Bonchev–Trinajstić information content (AvgIpc) is 2.29. The topological polar surface area (TPSA) is 49.6 Å². The van der Waals surface area contributed by atoms with E-state index in [1.54, 1.807) is 12.1 Å². The summed E-state index contributed by atoms with van der Waals surface area (Å²) in [6.07, 6.45) is 1.19. The molecule has 0 radical (unpaired) electrons. The molecule has 0 aliphatic heterocycles. The van der Waals surface area contributed by atoms with E-state index in [1.165, 1.54) is 6.33 Å². The van der Waals surface area contributed by atoms with Crippen LogP contribution in [0.2, 0.25) is 0 Å². The van der Waals surface area contributed by atoms with Crippen molar-refractivity contribution in [1.29, 1.82) is 5.26 Å². The number of rotatable bonds is 1. The molecule has 0 spiro atoms. The van der Waals surface area contributed by atoms with Crippen LogP contribution in [0.15, 0.2) is 30.6 Å². The number of aromatic nitrogens is 2. The van der Waals surface area contributed by atoms with Gasteiger partial charge < -0.3 is 0 Å². The number of nitriles is 1. The quantitative estimate of drug-likeness (QED) is 0.731. The fraction of sp³-hybridized carbons (Fsp3) is 0.0833. The molecule has 0 saturated heterocycles. The number of benzene rings is 1. The molecule has 0 saturated carbocycles. The van der Waals surface area contributed by atoms with Crippen LogP contribution < -0.4 is 0 Å². The Kier molecular flexibility index (Phi) is 2.61. The maximum atomic E-state index is 13.7. The van der Waals surface area contributed by atoms with Gasteiger partial charge in [0.25, 0.3) is 0 Å². The smallest absolute Gasteiger partial charge is 0.185 e. The molecule has 1 aromatic heterocycles. The number of hydrogen-bond donors (Lipinski definition) is 0. The lowest BCUT2D eigenvalue weighted by atomic mass is 10.1. The fourth-order valence-corrected chi connectivity index (χ4v) is 1.44. The summed E-state index contributed by atoms with van der Waals surface area (Å²) in [4.78, 5) is 7.42. The molecule has 2 rings (SSSR count). The van der Waals surface area contributed by atoms with Crippen molar-refractivity contribution in [3.05, 3.63) is 47.7 Å². The highest BCUT2D eigenvalue weighted by Gasteiger charge is 2.12. The van der Waals surface area contributed by atoms with Crippen molar-refractivity contribution < 1.29 is 4.39 Å². The number of hydrogen-bond acceptors (Lipinski definition) is 3. The molecule has 0 aliphatic rings. The molecule has 1 aromatic carbocycles. The van der Waals surface area contributed by atoms with E-state index in [9.17, 15) is 4.39 Å². The average molecular weight is 213 g/mol. The van der Waals surface area contributed by atoms with Gasteiger partial charge in [-0.25, -0.2) is 14.4 Å². The van der Waals surface area contributed by atoms with Crippen LogP contribution in [0.1, 0.15) is 11.3 Å². The Hall–Kier alpha value is -2.28. The van der Waals surface area contributed by atoms with Crippen LogP contribution in [0.25, 0.3) is 11.3 Å². The molecular weight excluding hydrogens is 205 g/mol. The highest BCUT2D eigenvalue weighted by atomic mass is 19.1. The summed E-state index contributed by atoms with van der Waals surface area (Å²) in [5, 5.41) is 8.66. The molecule has 1 heterocycles. The van der Waals surface area contributed by atoms with E-state index in [2.05, 4.69) is 9.97 Å². The van der Waals surface area contributed by atoms with Gasteiger partial charge in [-0.15, -0.1) is 0 Å². The van der Waals surface area contributed by atoms with Crippen LogP contribution in [-0.4, -0.2) is 9.97 Å². The Balaban J connectivity index is 2.62. The molecule has 0 atom stereocenters. The standard InChI is InChI=1S/C12H8FN3/c1-8-3-2-4-9(5-8)12-11(13)10(6-14)15-7-16-12/h2-5,7H,1H3. The van der Waals surface area contributed by atoms with Crippen molar-refractivity contribution in [2.45, 2.75) is 6.92 Å². The van der Waals surface area contributed by atoms with Gasteiger partial charge in [0.05, 0.1) is 0 Å². The molecule has 0 amide bonds. The zero-order chi connectivity index (χ0) is 11.5. The normalized spacial score (nSPS) is 9.81. The molecule has 3 nitrogen and oxygen atoms in total. The minimum Gasteiger partial charge on any atom is -0.233 e. The first-order valence-corrected chi connectivity index (χ1v) is 4.70. The second-order valence-corrected chi connectivity index (χ2v) is 3.37. The second kappa shape index (κ2) is 4.07. The van der Waals surface area contributed by atoms with E-state index in [1.807, 2.05) is 25.1 Å². The Morgan fingerprint density at radius 1 is 1.31 bits per heavy atom. The predicted octanol–water partition coefficient (Wildman–Crippen LogP) is 2.46. The van der Waals surface area contributed by atoms with Crippen molar-refractivity contribution in [2.24, 2.45) is 0 Å². The largest absolute Gasteiger partial charge is 0.233 e. The van der Waals surface area contributed by atoms with Crippen LogP contribution in [0.4, 0.5) is 4.39 Å². The van der Waals surface area contributed by atoms with Gasteiger partial charge in [0.15, 0.2) is 11.5 Å². The summed E-state index contributed by atoms with van der Waals surface area (Å²) in [7, 11) is 0. The van der Waals surface area contributed by atoms with Gasteiger partial charge in [0.1, 0.15) is 18.1 Å². The molecule has 0 unspecified atom stereocenters. The monoisotopic (exact) mass is 213 g/mol. The number of nitrogens with zero attached hydrogens (tertiary/aromatic N) is 3. The second-order valence-electron chi connectivity index (χ2n) is 3.37. The Bertz CT molecular complexity index is 573. The highest BCUT2D eigenvalue weighted by molar-refractivity contribution is 5.61. The lowest BCUT2D eigenvalue weighted by Crippen LogP contribution is -1.96. The molecular formula is C12H8FN3. The van der Waals surface area contributed by atoms with E-state index in [-0.39, 0.29) is 11.4 Å². The van der Waals surface area contributed by atoms with Gasteiger partial charge in [-0.05, 0) is 13.0 Å². The maximum Gasteiger partial charge on any atom is 0.185 e. The van der Waals surface area contributed by atoms with Gasteiger partial charge in [0, 0.05) is 5.56 Å². The van der Waals surface area contributed by atoms with Gasteiger partial charge in [-0.2, -0.15) is 5.26 Å². The van der Waals surface area contributed by atoms with Crippen LogP contribution in [0.5, 0.6) is 0 Å². The minimum atomic E-state index is -0.671. The maximum absolute atomic E-state index is 13.7. The van der Waals surface area contributed by atoms with Gasteiger partial charge >= 0.3 is 0 Å². The molecule has 2 aromatic rings. The molecule has 0 bridgehead atoms. The number of halogens is 1. The molecule has 0 aliphatic carbocycles. The van der Waals surface area contributed by atoms with E-state index in [4.69, 9.17) is 5.26 Å². The summed E-state index contributed by atoms with van der Waals surface area (Å²) < 4.78 is 13.7. The first-order chi connectivity index (χ1) is 7.72. The summed E-state index contributed by atoms with van der Waals surface area (Å²) in [5.74, 6) is -0.671. The van der Waals surface area contributed by atoms with Crippen molar-refractivity contribution in [1.82, 2.24) is 9.97 Å². The Labute approximate surface area is 92.2 Å². The van der Waals surface area contributed by atoms with Gasteiger partial charge in [0.2, 0.25) is 0 Å². The van der Waals surface area contributed by atoms with E-state index >= 15 is 0 Å². The van der Waals surface area contributed by atoms with Crippen LogP contribution >= 0.6 is 0 Å². The third-order valence-corrected chi connectivity index (χ3v) is 2.19. The van der Waals surface area contributed by atoms with Crippen molar-refractivity contribution in [2.75, 3.05) is 0 Å². The lowest BCUT2D eigenvalue weighted by Gasteiger charge is -2.03. The van der Waals surface area contributed by atoms with E-state index in [0.717, 1.165) is 5.56 Å².